The first-order chi connectivity index (χ1) is 14.0. The van der Waals surface area contributed by atoms with Crippen molar-refractivity contribution in [2.75, 3.05) is 0 Å². The van der Waals surface area contributed by atoms with E-state index in [2.05, 4.69) is 74.5 Å². The van der Waals surface area contributed by atoms with Gasteiger partial charge in [-0.05, 0) is 45.7 Å². The van der Waals surface area contributed by atoms with Crippen LogP contribution < -0.4 is 5.73 Å². The largest absolute Gasteiger partial charge is 0.480 e. The van der Waals surface area contributed by atoms with Gasteiger partial charge in [0.25, 0.3) is 0 Å². The van der Waals surface area contributed by atoms with E-state index in [-0.39, 0.29) is 6.42 Å². The highest BCUT2D eigenvalue weighted by atomic mass is 16.4. The number of carboxylic acids is 1. The maximum Gasteiger partial charge on any atom is 0.320 e. The molecular weight excluding hydrogens is 358 g/mol. The predicted octanol–water partition coefficient (Wildman–Crippen LogP) is 5.71. The Kier molecular flexibility index (Phi) is 6.63. The molecule has 148 valence electrons. The van der Waals surface area contributed by atoms with Crippen LogP contribution in [0.1, 0.15) is 42.9 Å². The maximum absolute atomic E-state index is 11.2. The van der Waals surface area contributed by atoms with Crippen LogP contribution in [0.3, 0.4) is 0 Å². The molecule has 1 atom stereocenters. The average molecular weight is 386 g/mol. The number of nitrogens with two attached hydrogens (primary N) is 1. The number of benzene rings is 3. The minimum Gasteiger partial charge on any atom is -0.480 e. The molecule has 0 heterocycles. The van der Waals surface area contributed by atoms with Gasteiger partial charge in [-0.1, -0.05) is 98.8 Å². The van der Waals surface area contributed by atoms with Crippen molar-refractivity contribution in [2.45, 2.75) is 32.2 Å². The van der Waals surface area contributed by atoms with Crippen LogP contribution in [0.25, 0.3) is 16.7 Å². The molecule has 0 spiro atoms. The summed E-state index contributed by atoms with van der Waals surface area (Å²) in [6.45, 7) is 4.33. The van der Waals surface area contributed by atoms with Gasteiger partial charge in [-0.15, -0.1) is 0 Å². The van der Waals surface area contributed by atoms with Gasteiger partial charge in [0, 0.05) is 0 Å². The zero-order chi connectivity index (χ0) is 20.8. The third kappa shape index (κ3) is 5.21. The summed E-state index contributed by atoms with van der Waals surface area (Å²) in [7, 11) is 0. The zero-order valence-corrected chi connectivity index (χ0v) is 16.9. The van der Waals surface area contributed by atoms with E-state index in [0.717, 1.165) is 22.3 Å². The van der Waals surface area contributed by atoms with Gasteiger partial charge in [-0.3, -0.25) is 4.79 Å². The van der Waals surface area contributed by atoms with Gasteiger partial charge in [0.2, 0.25) is 0 Å². The van der Waals surface area contributed by atoms with Crippen molar-refractivity contribution >= 4 is 11.5 Å². The number of hydrogen-bond donors (Lipinski definition) is 2. The van der Waals surface area contributed by atoms with Gasteiger partial charge < -0.3 is 10.8 Å². The van der Waals surface area contributed by atoms with Crippen molar-refractivity contribution in [3.05, 3.63) is 102 Å². The predicted molar refractivity (Wildman–Crippen MR) is 120 cm³/mol. The second-order valence-electron chi connectivity index (χ2n) is 7.52. The second-order valence-corrected chi connectivity index (χ2v) is 7.52. The Balaban J connectivity index is 1.96. The first-order valence-corrected chi connectivity index (χ1v) is 9.90. The number of hydrogen-bond acceptors (Lipinski definition) is 2. The van der Waals surface area contributed by atoms with E-state index in [1.165, 1.54) is 11.1 Å². The smallest absolute Gasteiger partial charge is 0.320 e. The lowest BCUT2D eigenvalue weighted by Crippen LogP contribution is -2.29. The summed E-state index contributed by atoms with van der Waals surface area (Å²) in [6.07, 6.45) is 2.21. The summed E-state index contributed by atoms with van der Waals surface area (Å²) < 4.78 is 0. The molecule has 3 N–H and O–H groups in total. The van der Waals surface area contributed by atoms with E-state index < -0.39 is 12.0 Å². The second kappa shape index (κ2) is 9.35. The number of carboxylic acid groups (broad SMARTS) is 1. The Bertz CT molecular complexity index is 971. The fourth-order valence-electron chi connectivity index (χ4n) is 3.27. The summed E-state index contributed by atoms with van der Waals surface area (Å²) >= 11 is 0. The molecule has 0 saturated heterocycles. The van der Waals surface area contributed by atoms with Crippen molar-refractivity contribution in [1.82, 2.24) is 0 Å². The van der Waals surface area contributed by atoms with Crippen LogP contribution in [-0.4, -0.2) is 17.1 Å². The van der Waals surface area contributed by atoms with Crippen LogP contribution >= 0.6 is 0 Å². The minimum absolute atomic E-state index is 0.275. The van der Waals surface area contributed by atoms with Crippen LogP contribution in [0.15, 0.2) is 84.9 Å². The zero-order valence-electron chi connectivity index (χ0n) is 16.9. The fraction of sp³-hybridized carbons (Fsp3) is 0.192. The lowest BCUT2D eigenvalue weighted by Gasteiger charge is -2.13. The third-order valence-corrected chi connectivity index (χ3v) is 5.08. The van der Waals surface area contributed by atoms with Gasteiger partial charge in [0.15, 0.2) is 0 Å². The summed E-state index contributed by atoms with van der Waals surface area (Å²) in [5.41, 5.74) is 12.4. The normalized spacial score (nSPS) is 12.8. The standard InChI is InChI=1S/C26H27NO2/c1-18(2)19-8-12-22(13-9-19)24(16-17-25(27)26(28)29)23-14-10-21(11-15-23)20-6-4-3-5-7-20/h3-16,18,25H,17,27H2,1-2H3,(H,28,29)/b24-16+. The van der Waals surface area contributed by atoms with Crippen molar-refractivity contribution in [1.29, 1.82) is 0 Å². The fourth-order valence-corrected chi connectivity index (χ4v) is 3.27. The molecule has 1 unspecified atom stereocenters. The Morgan fingerprint density at radius 1 is 0.862 bits per heavy atom. The Morgan fingerprint density at radius 2 is 1.38 bits per heavy atom. The van der Waals surface area contributed by atoms with Crippen molar-refractivity contribution in [2.24, 2.45) is 5.73 Å². The van der Waals surface area contributed by atoms with Gasteiger partial charge in [0.05, 0.1) is 0 Å². The van der Waals surface area contributed by atoms with Crippen molar-refractivity contribution in [3.63, 3.8) is 0 Å². The molecule has 0 aliphatic heterocycles. The average Bonchev–Trinajstić information content (AvgIpc) is 2.75. The maximum atomic E-state index is 11.2. The number of carbonyl (C=O) groups is 1. The quantitative estimate of drug-likeness (QED) is 0.547. The summed E-state index contributed by atoms with van der Waals surface area (Å²) in [6, 6.07) is 26.1. The van der Waals surface area contributed by atoms with E-state index in [1.54, 1.807) is 0 Å². The highest BCUT2D eigenvalue weighted by molar-refractivity contribution is 5.82. The molecule has 3 nitrogen and oxygen atoms in total. The molecule has 29 heavy (non-hydrogen) atoms. The summed E-state index contributed by atoms with van der Waals surface area (Å²) in [5.74, 6) is -0.530. The molecule has 0 fully saturated rings. The van der Waals surface area contributed by atoms with E-state index in [9.17, 15) is 4.79 Å². The van der Waals surface area contributed by atoms with Gasteiger partial charge in [-0.2, -0.15) is 0 Å². The number of aliphatic carboxylic acids is 1. The van der Waals surface area contributed by atoms with E-state index in [4.69, 9.17) is 10.8 Å². The van der Waals surface area contributed by atoms with Crippen LogP contribution in [0.5, 0.6) is 0 Å². The Morgan fingerprint density at radius 3 is 1.90 bits per heavy atom. The lowest BCUT2D eigenvalue weighted by atomic mass is 9.92. The molecule has 0 aliphatic carbocycles. The minimum atomic E-state index is -0.991. The molecular formula is C26H27NO2. The molecule has 0 saturated carbocycles. The first kappa shape index (κ1) is 20.6. The third-order valence-electron chi connectivity index (χ3n) is 5.08. The molecule has 0 aromatic heterocycles. The van der Waals surface area contributed by atoms with Crippen LogP contribution in [-0.2, 0) is 4.79 Å². The van der Waals surface area contributed by atoms with Crippen molar-refractivity contribution in [3.8, 4) is 11.1 Å². The SMILES string of the molecule is CC(C)c1ccc(/C(=C\CC(N)C(=O)O)c2ccc(-c3ccccc3)cc2)cc1. The molecule has 0 bridgehead atoms. The van der Waals surface area contributed by atoms with Crippen LogP contribution in [0, 0.1) is 0 Å². The number of rotatable bonds is 7. The van der Waals surface area contributed by atoms with Gasteiger partial charge >= 0.3 is 5.97 Å². The first-order valence-electron chi connectivity index (χ1n) is 9.90. The Labute approximate surface area is 172 Å². The molecule has 0 aliphatic rings. The van der Waals surface area contributed by atoms with E-state index in [1.807, 2.05) is 24.3 Å². The van der Waals surface area contributed by atoms with E-state index >= 15 is 0 Å². The van der Waals surface area contributed by atoms with Gasteiger partial charge in [0.1, 0.15) is 6.04 Å². The molecule has 3 aromatic rings. The molecule has 0 amide bonds. The summed E-state index contributed by atoms with van der Waals surface area (Å²) in [5, 5.41) is 9.14. The van der Waals surface area contributed by atoms with Crippen LogP contribution in [0.4, 0.5) is 0 Å². The van der Waals surface area contributed by atoms with Crippen LogP contribution in [0.2, 0.25) is 0 Å². The topological polar surface area (TPSA) is 63.3 Å². The van der Waals surface area contributed by atoms with Gasteiger partial charge in [-0.25, -0.2) is 0 Å². The molecule has 0 radical (unpaired) electrons. The highest BCUT2D eigenvalue weighted by Crippen LogP contribution is 2.28. The molecule has 3 heteroatoms. The van der Waals surface area contributed by atoms with E-state index in [0.29, 0.717) is 5.92 Å². The molecule has 3 rings (SSSR count). The lowest BCUT2D eigenvalue weighted by molar-refractivity contribution is -0.138. The molecule has 3 aromatic carbocycles. The summed E-state index contributed by atoms with van der Waals surface area (Å²) in [4.78, 5) is 11.2. The highest BCUT2D eigenvalue weighted by Gasteiger charge is 2.12. The van der Waals surface area contributed by atoms with Crippen molar-refractivity contribution < 1.29 is 9.90 Å². The Hall–Kier alpha value is -3.17. The monoisotopic (exact) mass is 385 g/mol.